The van der Waals surface area contributed by atoms with E-state index in [0.29, 0.717) is 23.3 Å². The monoisotopic (exact) mass is 441 g/mol. The van der Waals surface area contributed by atoms with E-state index in [0.717, 1.165) is 25.1 Å². The van der Waals surface area contributed by atoms with Gasteiger partial charge in [-0.2, -0.15) is 0 Å². The molecule has 2 unspecified atom stereocenters. The molecule has 6 nitrogen and oxygen atoms in total. The summed E-state index contributed by atoms with van der Waals surface area (Å²) in [5.41, 5.74) is -0.561. The average Bonchev–Trinajstić information content (AvgIpc) is 2.91. The molecule has 4 rings (SSSR count). The fourth-order valence-corrected chi connectivity index (χ4v) is 4.67. The van der Waals surface area contributed by atoms with Gasteiger partial charge < -0.3 is 14.2 Å². The standard InChI is InChI=1S/C24H33BFN3O3/c1-15-11-16(2)14-28(13-15)21-18(22(30)29-10-8-9-17(3)20(29)27-21)12-19(26)25-31-23(4,5)24(6,7)32-25/h8-10,12,15-16H,11,13-14H2,1-7H3. The summed E-state index contributed by atoms with van der Waals surface area (Å²) in [6, 6.07) is 3.72. The van der Waals surface area contributed by atoms with E-state index >= 15 is 4.39 Å². The maximum absolute atomic E-state index is 15.5. The van der Waals surface area contributed by atoms with E-state index in [1.807, 2.05) is 40.7 Å². The van der Waals surface area contributed by atoms with Crippen molar-refractivity contribution >= 4 is 24.7 Å². The molecule has 8 heteroatoms. The molecule has 2 aliphatic rings. The molecule has 2 fully saturated rings. The van der Waals surface area contributed by atoms with E-state index in [2.05, 4.69) is 18.7 Å². The third kappa shape index (κ3) is 3.99. The molecule has 0 N–H and O–H groups in total. The zero-order valence-corrected chi connectivity index (χ0v) is 20.1. The second kappa shape index (κ2) is 7.99. The van der Waals surface area contributed by atoms with Crippen LogP contribution in [-0.2, 0) is 9.31 Å². The molecule has 0 aliphatic carbocycles. The van der Waals surface area contributed by atoms with Crippen LogP contribution in [0.2, 0.25) is 0 Å². The van der Waals surface area contributed by atoms with Crippen molar-refractivity contribution in [3.05, 3.63) is 45.5 Å². The van der Waals surface area contributed by atoms with E-state index in [-0.39, 0.29) is 11.1 Å². The highest BCUT2D eigenvalue weighted by atomic mass is 19.1. The summed E-state index contributed by atoms with van der Waals surface area (Å²) >= 11 is 0. The molecule has 4 heterocycles. The summed E-state index contributed by atoms with van der Waals surface area (Å²) in [5, 5.41) is 0. The molecule has 2 atom stereocenters. The molecule has 0 bridgehead atoms. The minimum absolute atomic E-state index is 0.224. The molecule has 0 amide bonds. The molecule has 0 spiro atoms. The van der Waals surface area contributed by atoms with Gasteiger partial charge in [-0.05, 0) is 70.6 Å². The first-order chi connectivity index (χ1) is 14.9. The maximum Gasteiger partial charge on any atom is 0.525 e. The largest absolute Gasteiger partial charge is 0.525 e. The average molecular weight is 441 g/mol. The number of hydrogen-bond acceptors (Lipinski definition) is 5. The lowest BCUT2D eigenvalue weighted by molar-refractivity contribution is 0.00578. The lowest BCUT2D eigenvalue weighted by Crippen LogP contribution is -2.41. The third-order valence-electron chi connectivity index (χ3n) is 6.99. The van der Waals surface area contributed by atoms with Crippen LogP contribution in [0.15, 0.2) is 28.9 Å². The summed E-state index contributed by atoms with van der Waals surface area (Å²) in [4.78, 5) is 20.5. The Hall–Kier alpha value is -2.19. The van der Waals surface area contributed by atoms with E-state index in [1.54, 1.807) is 12.3 Å². The van der Waals surface area contributed by atoms with Gasteiger partial charge in [-0.25, -0.2) is 9.37 Å². The number of aryl methyl sites for hydroxylation is 1. The Morgan fingerprint density at radius 2 is 1.78 bits per heavy atom. The number of aromatic nitrogens is 2. The van der Waals surface area contributed by atoms with Crippen LogP contribution in [0.25, 0.3) is 11.7 Å². The minimum Gasteiger partial charge on any atom is -0.398 e. The summed E-state index contributed by atoms with van der Waals surface area (Å²) in [7, 11) is -1.16. The van der Waals surface area contributed by atoms with Gasteiger partial charge in [0.05, 0.1) is 16.8 Å². The zero-order valence-electron chi connectivity index (χ0n) is 20.1. The van der Waals surface area contributed by atoms with Crippen LogP contribution < -0.4 is 10.5 Å². The highest BCUT2D eigenvalue weighted by Crippen LogP contribution is 2.39. The van der Waals surface area contributed by atoms with Crippen LogP contribution in [0.5, 0.6) is 0 Å². The first kappa shape index (κ1) is 23.0. The number of nitrogens with zero attached hydrogens (tertiary/aromatic N) is 3. The maximum atomic E-state index is 15.5. The van der Waals surface area contributed by atoms with Crippen LogP contribution in [-0.4, -0.2) is 40.8 Å². The molecule has 2 aromatic heterocycles. The van der Waals surface area contributed by atoms with Crippen molar-refractivity contribution < 1.29 is 13.7 Å². The van der Waals surface area contributed by atoms with Gasteiger partial charge in [-0.1, -0.05) is 19.9 Å². The fraction of sp³-hybridized carbons (Fsp3) is 0.583. The third-order valence-corrected chi connectivity index (χ3v) is 6.99. The predicted octanol–water partition coefficient (Wildman–Crippen LogP) is 4.43. The Morgan fingerprint density at radius 3 is 2.38 bits per heavy atom. The van der Waals surface area contributed by atoms with Gasteiger partial charge in [0.1, 0.15) is 17.2 Å². The number of pyridine rings is 1. The van der Waals surface area contributed by atoms with Gasteiger partial charge in [0, 0.05) is 19.3 Å². The highest BCUT2D eigenvalue weighted by Gasteiger charge is 2.53. The van der Waals surface area contributed by atoms with Gasteiger partial charge in [0.2, 0.25) is 0 Å². The topological polar surface area (TPSA) is 56.1 Å². The van der Waals surface area contributed by atoms with Crippen molar-refractivity contribution in [1.82, 2.24) is 9.38 Å². The first-order valence-corrected chi connectivity index (χ1v) is 11.4. The van der Waals surface area contributed by atoms with E-state index in [9.17, 15) is 4.79 Å². The Balaban J connectivity index is 1.85. The Morgan fingerprint density at radius 1 is 1.19 bits per heavy atom. The number of fused-ring (bicyclic) bond motifs is 1. The molecule has 2 saturated heterocycles. The summed E-state index contributed by atoms with van der Waals surface area (Å²) in [6.07, 6.45) is 4.05. The second-order valence-corrected chi connectivity index (χ2v) is 10.5. The summed E-state index contributed by atoms with van der Waals surface area (Å²) in [6.45, 7) is 15.4. The lowest BCUT2D eigenvalue weighted by Gasteiger charge is -2.36. The number of anilines is 1. The summed E-state index contributed by atoms with van der Waals surface area (Å²) in [5.74, 6) is 1.44. The van der Waals surface area contributed by atoms with Crippen molar-refractivity contribution in [2.75, 3.05) is 18.0 Å². The van der Waals surface area contributed by atoms with Crippen molar-refractivity contribution in [3.8, 4) is 0 Å². The number of piperidine rings is 1. The molecule has 0 aromatic carbocycles. The zero-order chi connectivity index (χ0) is 23.4. The molecule has 32 heavy (non-hydrogen) atoms. The lowest BCUT2D eigenvalue weighted by atomic mass is 9.86. The van der Waals surface area contributed by atoms with Crippen LogP contribution >= 0.6 is 0 Å². The SMILES string of the molecule is Cc1cccn2c(=O)c(C=C(F)B3OC(C)(C)C(C)(C)O3)c(N3CC(C)CC(C)C3)nc12. The van der Waals surface area contributed by atoms with Gasteiger partial charge in [0.25, 0.3) is 5.56 Å². The van der Waals surface area contributed by atoms with Crippen LogP contribution in [0.1, 0.15) is 59.1 Å². The molecule has 172 valence electrons. The van der Waals surface area contributed by atoms with Crippen molar-refractivity contribution in [2.45, 2.75) is 66.1 Å². The molecule has 2 aromatic rings. The van der Waals surface area contributed by atoms with E-state index < -0.39 is 24.0 Å². The number of rotatable bonds is 3. The van der Waals surface area contributed by atoms with Gasteiger partial charge in [0.15, 0.2) is 0 Å². The van der Waals surface area contributed by atoms with E-state index in [1.165, 1.54) is 10.5 Å². The van der Waals surface area contributed by atoms with E-state index in [4.69, 9.17) is 14.3 Å². The van der Waals surface area contributed by atoms with Gasteiger partial charge >= 0.3 is 7.12 Å². The minimum atomic E-state index is -1.16. The quantitative estimate of drug-likeness (QED) is 0.660. The van der Waals surface area contributed by atoms with Gasteiger partial charge in [-0.3, -0.25) is 9.20 Å². The second-order valence-electron chi connectivity index (χ2n) is 10.5. The number of hydrogen-bond donors (Lipinski definition) is 0. The van der Waals surface area contributed by atoms with Gasteiger partial charge in [-0.15, -0.1) is 0 Å². The Labute approximate surface area is 189 Å². The first-order valence-electron chi connectivity index (χ1n) is 11.4. The smallest absolute Gasteiger partial charge is 0.398 e. The predicted molar refractivity (Wildman–Crippen MR) is 127 cm³/mol. The summed E-state index contributed by atoms with van der Waals surface area (Å²) < 4.78 is 28.7. The van der Waals surface area contributed by atoms with Crippen LogP contribution in [0.3, 0.4) is 0 Å². The Bertz CT molecular complexity index is 1100. The Kier molecular flexibility index (Phi) is 5.74. The molecule has 2 aliphatic heterocycles. The van der Waals surface area contributed by atoms with Crippen molar-refractivity contribution in [3.63, 3.8) is 0 Å². The molecule has 0 saturated carbocycles. The fourth-order valence-electron chi connectivity index (χ4n) is 4.67. The number of halogens is 1. The van der Waals surface area contributed by atoms with Crippen molar-refractivity contribution in [1.29, 1.82) is 0 Å². The van der Waals surface area contributed by atoms with Crippen LogP contribution in [0.4, 0.5) is 10.2 Å². The van der Waals surface area contributed by atoms with Crippen molar-refractivity contribution in [2.24, 2.45) is 11.8 Å². The highest BCUT2D eigenvalue weighted by molar-refractivity contribution is 6.54. The normalized spacial score (nSPS) is 25.6. The molecular formula is C24H33BFN3O3. The molecular weight excluding hydrogens is 408 g/mol. The van der Waals surface area contributed by atoms with Crippen LogP contribution in [0, 0.1) is 18.8 Å². The molecule has 0 radical (unpaired) electrons.